The molecule has 62 valence electrons. The Morgan fingerprint density at radius 1 is 1.64 bits per heavy atom. The highest BCUT2D eigenvalue weighted by atomic mass is 16.4. The van der Waals surface area contributed by atoms with Gasteiger partial charge in [-0.25, -0.2) is 0 Å². The minimum absolute atomic E-state index is 0.338. The molecule has 1 saturated carbocycles. The Morgan fingerprint density at radius 3 is 2.91 bits per heavy atom. The normalized spacial score (nSPS) is 28.7. The number of carboxylic acids is 1. The Bertz CT molecular complexity index is 188. The second-order valence-electron chi connectivity index (χ2n) is 2.80. The second-order valence-corrected chi connectivity index (χ2v) is 2.80. The van der Waals surface area contributed by atoms with Crippen molar-refractivity contribution in [3.8, 4) is 0 Å². The van der Waals surface area contributed by atoms with Crippen molar-refractivity contribution in [2.45, 2.75) is 25.7 Å². The fourth-order valence-corrected chi connectivity index (χ4v) is 1.34. The number of hydrogen-bond donors (Lipinski definition) is 2. The summed E-state index contributed by atoms with van der Waals surface area (Å²) in [5.74, 6) is -1.12. The van der Waals surface area contributed by atoms with Crippen LogP contribution in [0.5, 0.6) is 0 Å². The molecular formula is C7H11NO3. The molecule has 1 unspecified atom stereocenters. The summed E-state index contributed by atoms with van der Waals surface area (Å²) in [6.45, 7) is 0. The van der Waals surface area contributed by atoms with Gasteiger partial charge in [0.15, 0.2) is 0 Å². The number of nitrogens with zero attached hydrogens (tertiary/aromatic N) is 1. The van der Waals surface area contributed by atoms with Crippen molar-refractivity contribution in [1.82, 2.24) is 0 Å². The average molecular weight is 157 g/mol. The van der Waals surface area contributed by atoms with Crippen LogP contribution in [0, 0.1) is 5.92 Å². The van der Waals surface area contributed by atoms with Crippen molar-refractivity contribution in [2.75, 3.05) is 0 Å². The molecule has 11 heavy (non-hydrogen) atoms. The van der Waals surface area contributed by atoms with Crippen LogP contribution in [0.3, 0.4) is 0 Å². The maximum Gasteiger partial charge on any atom is 0.306 e. The van der Waals surface area contributed by atoms with Crippen LogP contribution in [0.4, 0.5) is 0 Å². The van der Waals surface area contributed by atoms with E-state index >= 15 is 0 Å². The predicted molar refractivity (Wildman–Crippen MR) is 38.8 cm³/mol. The van der Waals surface area contributed by atoms with Gasteiger partial charge < -0.3 is 10.3 Å². The zero-order valence-electron chi connectivity index (χ0n) is 6.16. The molecule has 1 aliphatic carbocycles. The molecule has 0 saturated heterocycles. The minimum atomic E-state index is -0.786. The fourth-order valence-electron chi connectivity index (χ4n) is 1.34. The monoisotopic (exact) mass is 157 g/mol. The molecule has 0 aliphatic heterocycles. The van der Waals surface area contributed by atoms with E-state index < -0.39 is 5.97 Å². The molecule has 4 nitrogen and oxygen atoms in total. The summed E-state index contributed by atoms with van der Waals surface area (Å²) < 4.78 is 0. The van der Waals surface area contributed by atoms with E-state index in [2.05, 4.69) is 5.16 Å². The molecule has 0 heterocycles. The van der Waals surface area contributed by atoms with Gasteiger partial charge in [0, 0.05) is 6.42 Å². The third-order valence-electron chi connectivity index (χ3n) is 1.99. The molecule has 4 heteroatoms. The molecule has 0 bridgehead atoms. The number of hydrogen-bond acceptors (Lipinski definition) is 3. The third kappa shape index (κ3) is 1.93. The Kier molecular flexibility index (Phi) is 2.46. The number of carboxylic acid groups (broad SMARTS) is 1. The Labute approximate surface area is 64.5 Å². The first-order chi connectivity index (χ1) is 5.24. The van der Waals surface area contributed by atoms with E-state index in [-0.39, 0.29) is 5.92 Å². The summed E-state index contributed by atoms with van der Waals surface area (Å²) in [6.07, 6.45) is 2.66. The first-order valence-corrected chi connectivity index (χ1v) is 3.66. The van der Waals surface area contributed by atoms with Gasteiger partial charge in [0.1, 0.15) is 0 Å². The van der Waals surface area contributed by atoms with Gasteiger partial charge in [-0.1, -0.05) is 5.16 Å². The highest BCUT2D eigenvalue weighted by molar-refractivity contribution is 5.88. The summed E-state index contributed by atoms with van der Waals surface area (Å²) in [6, 6.07) is 0. The van der Waals surface area contributed by atoms with E-state index in [0.29, 0.717) is 18.6 Å². The van der Waals surface area contributed by atoms with Gasteiger partial charge >= 0.3 is 5.97 Å². The highest BCUT2D eigenvalue weighted by Crippen LogP contribution is 2.21. The highest BCUT2D eigenvalue weighted by Gasteiger charge is 2.23. The van der Waals surface area contributed by atoms with E-state index in [0.717, 1.165) is 12.8 Å². The first kappa shape index (κ1) is 8.04. The van der Waals surface area contributed by atoms with E-state index in [9.17, 15) is 4.79 Å². The zero-order chi connectivity index (χ0) is 8.27. The van der Waals surface area contributed by atoms with Crippen molar-refractivity contribution in [2.24, 2.45) is 11.1 Å². The van der Waals surface area contributed by atoms with Crippen molar-refractivity contribution >= 4 is 11.7 Å². The Balaban J connectivity index is 2.53. The lowest BCUT2D eigenvalue weighted by atomic mass is 9.88. The summed E-state index contributed by atoms with van der Waals surface area (Å²) >= 11 is 0. The van der Waals surface area contributed by atoms with Gasteiger partial charge in [-0.3, -0.25) is 4.79 Å². The lowest BCUT2D eigenvalue weighted by molar-refractivity contribution is -0.141. The van der Waals surface area contributed by atoms with Crippen LogP contribution < -0.4 is 0 Å². The lowest BCUT2D eigenvalue weighted by Gasteiger charge is -2.17. The molecule has 0 spiro atoms. The van der Waals surface area contributed by atoms with Gasteiger partial charge in [-0.05, 0) is 19.3 Å². The molecule has 2 N–H and O–H groups in total. The molecule has 1 atom stereocenters. The quantitative estimate of drug-likeness (QED) is 0.442. The van der Waals surface area contributed by atoms with Crippen molar-refractivity contribution in [3.05, 3.63) is 0 Å². The maximum atomic E-state index is 10.5. The van der Waals surface area contributed by atoms with Crippen molar-refractivity contribution < 1.29 is 15.1 Å². The van der Waals surface area contributed by atoms with Gasteiger partial charge in [-0.2, -0.15) is 0 Å². The molecule has 1 aliphatic rings. The SMILES string of the molecule is O=C(O)C1CCC/C(=N\O)C1. The van der Waals surface area contributed by atoms with Crippen LogP contribution in [0.25, 0.3) is 0 Å². The summed E-state index contributed by atoms with van der Waals surface area (Å²) in [7, 11) is 0. The van der Waals surface area contributed by atoms with E-state index in [1.807, 2.05) is 0 Å². The van der Waals surface area contributed by atoms with Gasteiger partial charge in [-0.15, -0.1) is 0 Å². The third-order valence-corrected chi connectivity index (χ3v) is 1.99. The number of aliphatic carboxylic acids is 1. The topological polar surface area (TPSA) is 69.9 Å². The molecule has 0 aromatic carbocycles. The second kappa shape index (κ2) is 3.37. The van der Waals surface area contributed by atoms with Crippen LogP contribution in [-0.2, 0) is 4.79 Å². The van der Waals surface area contributed by atoms with E-state index in [4.69, 9.17) is 10.3 Å². The smallest absolute Gasteiger partial charge is 0.306 e. The average Bonchev–Trinajstić information content (AvgIpc) is 2.05. The number of carbonyl (C=O) groups is 1. The molecule has 0 aromatic rings. The van der Waals surface area contributed by atoms with Crippen LogP contribution in [-0.4, -0.2) is 22.0 Å². The van der Waals surface area contributed by atoms with Crippen LogP contribution >= 0.6 is 0 Å². The minimum Gasteiger partial charge on any atom is -0.481 e. The number of oxime groups is 1. The largest absolute Gasteiger partial charge is 0.481 e. The van der Waals surface area contributed by atoms with Crippen LogP contribution in [0.1, 0.15) is 25.7 Å². The van der Waals surface area contributed by atoms with E-state index in [1.165, 1.54) is 0 Å². The van der Waals surface area contributed by atoms with Crippen LogP contribution in [0.15, 0.2) is 5.16 Å². The van der Waals surface area contributed by atoms with Crippen molar-refractivity contribution in [1.29, 1.82) is 0 Å². The summed E-state index contributed by atoms with van der Waals surface area (Å²) in [5, 5.41) is 20.0. The van der Waals surface area contributed by atoms with Gasteiger partial charge in [0.25, 0.3) is 0 Å². The van der Waals surface area contributed by atoms with Gasteiger partial charge in [0.2, 0.25) is 0 Å². The molecular weight excluding hydrogens is 146 g/mol. The summed E-state index contributed by atoms with van der Waals surface area (Å²) in [5.41, 5.74) is 0.614. The number of rotatable bonds is 1. The Morgan fingerprint density at radius 2 is 2.36 bits per heavy atom. The molecule has 1 fully saturated rings. The predicted octanol–water partition coefficient (Wildman–Crippen LogP) is 1.09. The molecule has 0 radical (unpaired) electrons. The Hall–Kier alpha value is -1.06. The molecule has 1 rings (SSSR count). The van der Waals surface area contributed by atoms with Gasteiger partial charge in [0.05, 0.1) is 11.6 Å². The summed E-state index contributed by atoms with van der Waals surface area (Å²) in [4.78, 5) is 10.5. The van der Waals surface area contributed by atoms with Crippen molar-refractivity contribution in [3.63, 3.8) is 0 Å². The standard InChI is InChI=1S/C7H11NO3/c9-7(10)5-2-1-3-6(4-5)8-11/h5,11H,1-4H2,(H,9,10)/b8-6+. The van der Waals surface area contributed by atoms with E-state index in [1.54, 1.807) is 0 Å². The molecule has 0 aromatic heterocycles. The lowest BCUT2D eigenvalue weighted by Crippen LogP contribution is -2.22. The molecule has 0 amide bonds. The first-order valence-electron chi connectivity index (χ1n) is 3.66. The maximum absolute atomic E-state index is 10.5. The fraction of sp³-hybridized carbons (Fsp3) is 0.714. The zero-order valence-corrected chi connectivity index (χ0v) is 6.16. The van der Waals surface area contributed by atoms with Crippen LogP contribution in [0.2, 0.25) is 0 Å².